The third-order valence-corrected chi connectivity index (χ3v) is 3.88. The van der Waals surface area contributed by atoms with Crippen molar-refractivity contribution in [3.63, 3.8) is 0 Å². The van der Waals surface area contributed by atoms with E-state index in [0.29, 0.717) is 6.54 Å². The Morgan fingerprint density at radius 1 is 1.35 bits per heavy atom. The van der Waals surface area contributed by atoms with Crippen LogP contribution in [0.25, 0.3) is 0 Å². The van der Waals surface area contributed by atoms with Crippen molar-refractivity contribution in [1.29, 1.82) is 0 Å². The Morgan fingerprint density at radius 3 is 2.45 bits per heavy atom. The van der Waals surface area contributed by atoms with Crippen LogP contribution in [0.5, 0.6) is 0 Å². The van der Waals surface area contributed by atoms with Gasteiger partial charge in [0.15, 0.2) is 5.96 Å². The van der Waals surface area contributed by atoms with Gasteiger partial charge in [-0.15, -0.1) is 0 Å². The average Bonchev–Trinajstić information content (AvgIpc) is 2.43. The van der Waals surface area contributed by atoms with Gasteiger partial charge in [0, 0.05) is 26.7 Å². The molecule has 0 aromatic carbocycles. The number of guanidine groups is 1. The van der Waals surface area contributed by atoms with Crippen LogP contribution in [-0.2, 0) is 4.79 Å². The van der Waals surface area contributed by atoms with Crippen molar-refractivity contribution in [2.75, 3.05) is 33.2 Å². The molecule has 2 N–H and O–H groups in total. The first kappa shape index (κ1) is 16.8. The smallest absolute Gasteiger partial charge is 0.227 e. The van der Waals surface area contributed by atoms with Gasteiger partial charge in [-0.2, -0.15) is 0 Å². The molecule has 1 saturated heterocycles. The van der Waals surface area contributed by atoms with E-state index in [9.17, 15) is 4.79 Å². The zero-order chi connectivity index (χ0) is 15.2. The molecule has 1 heterocycles. The Hall–Kier alpha value is -1.26. The summed E-state index contributed by atoms with van der Waals surface area (Å²) >= 11 is 0. The van der Waals surface area contributed by atoms with E-state index < -0.39 is 5.41 Å². The van der Waals surface area contributed by atoms with Crippen molar-refractivity contribution in [3.8, 4) is 0 Å². The maximum absolute atomic E-state index is 11.8. The fourth-order valence-corrected chi connectivity index (χ4v) is 2.33. The van der Waals surface area contributed by atoms with Crippen LogP contribution in [0.4, 0.5) is 0 Å². The van der Waals surface area contributed by atoms with E-state index in [1.165, 1.54) is 12.8 Å². The summed E-state index contributed by atoms with van der Waals surface area (Å²) in [7, 11) is 1.67. The van der Waals surface area contributed by atoms with Gasteiger partial charge in [0.2, 0.25) is 5.91 Å². The highest BCUT2D eigenvalue weighted by Crippen LogP contribution is 2.18. The lowest BCUT2D eigenvalue weighted by Gasteiger charge is -2.33. The lowest BCUT2D eigenvalue weighted by molar-refractivity contribution is -0.128. The molecule has 20 heavy (non-hydrogen) atoms. The van der Waals surface area contributed by atoms with Crippen LogP contribution in [0.1, 0.15) is 40.5 Å². The standard InChI is InChI=1S/C15H30N4O/c1-6-17-14(19-9-7-12(2)8-10-19)18-11-15(3,4)13(20)16-5/h12H,6-11H2,1-5H3,(H,16,20)(H,17,18). The van der Waals surface area contributed by atoms with E-state index in [4.69, 9.17) is 0 Å². The third kappa shape index (κ3) is 4.69. The monoisotopic (exact) mass is 282 g/mol. The number of hydrogen-bond acceptors (Lipinski definition) is 2. The molecule has 0 unspecified atom stereocenters. The van der Waals surface area contributed by atoms with Gasteiger partial charge in [-0.3, -0.25) is 9.79 Å². The summed E-state index contributed by atoms with van der Waals surface area (Å²) in [6.45, 7) is 11.7. The summed E-state index contributed by atoms with van der Waals surface area (Å²) in [6, 6.07) is 0. The number of amides is 1. The van der Waals surface area contributed by atoms with Gasteiger partial charge >= 0.3 is 0 Å². The molecule has 0 spiro atoms. The molecule has 0 radical (unpaired) electrons. The van der Waals surface area contributed by atoms with Gasteiger partial charge in [0.25, 0.3) is 0 Å². The van der Waals surface area contributed by atoms with E-state index in [1.54, 1.807) is 7.05 Å². The first-order valence-corrected chi connectivity index (χ1v) is 7.66. The van der Waals surface area contributed by atoms with Crippen molar-refractivity contribution in [2.45, 2.75) is 40.5 Å². The van der Waals surface area contributed by atoms with E-state index in [2.05, 4.69) is 34.4 Å². The highest BCUT2D eigenvalue weighted by atomic mass is 16.2. The molecule has 1 amide bonds. The zero-order valence-electron chi connectivity index (χ0n) is 13.6. The first-order chi connectivity index (χ1) is 9.40. The molecule has 5 heteroatoms. The predicted octanol–water partition coefficient (Wildman–Crippen LogP) is 1.46. The summed E-state index contributed by atoms with van der Waals surface area (Å²) < 4.78 is 0. The molecule has 0 bridgehead atoms. The largest absolute Gasteiger partial charge is 0.359 e. The predicted molar refractivity (Wildman–Crippen MR) is 83.8 cm³/mol. The lowest BCUT2D eigenvalue weighted by atomic mass is 9.93. The Kier molecular flexibility index (Phi) is 6.30. The molecule has 0 aliphatic carbocycles. The second kappa shape index (κ2) is 7.50. The number of rotatable bonds is 4. The maximum atomic E-state index is 11.8. The number of likely N-dealkylation sites (tertiary alicyclic amines) is 1. The van der Waals surface area contributed by atoms with Gasteiger partial charge in [0.05, 0.1) is 12.0 Å². The van der Waals surface area contributed by atoms with E-state index in [-0.39, 0.29) is 5.91 Å². The van der Waals surface area contributed by atoms with Gasteiger partial charge in [-0.05, 0) is 39.5 Å². The highest BCUT2D eigenvalue weighted by molar-refractivity contribution is 5.83. The quantitative estimate of drug-likeness (QED) is 0.606. The topological polar surface area (TPSA) is 56.7 Å². The molecule has 0 saturated carbocycles. The van der Waals surface area contributed by atoms with Crippen LogP contribution in [0.2, 0.25) is 0 Å². The molecular weight excluding hydrogens is 252 g/mol. The lowest BCUT2D eigenvalue weighted by Crippen LogP contribution is -2.46. The van der Waals surface area contributed by atoms with Crippen LogP contribution in [0.15, 0.2) is 4.99 Å². The number of piperidine rings is 1. The Morgan fingerprint density at radius 2 is 1.95 bits per heavy atom. The zero-order valence-corrected chi connectivity index (χ0v) is 13.6. The number of aliphatic imine (C=N–C) groups is 1. The number of carbonyl (C=O) groups excluding carboxylic acids is 1. The van der Waals surface area contributed by atoms with Crippen molar-refractivity contribution in [1.82, 2.24) is 15.5 Å². The molecule has 1 fully saturated rings. The minimum absolute atomic E-state index is 0.0318. The Bertz CT molecular complexity index is 344. The van der Waals surface area contributed by atoms with Gasteiger partial charge in [-0.25, -0.2) is 0 Å². The highest BCUT2D eigenvalue weighted by Gasteiger charge is 2.27. The number of nitrogens with one attached hydrogen (secondary N) is 2. The van der Waals surface area contributed by atoms with Crippen molar-refractivity contribution >= 4 is 11.9 Å². The molecule has 1 rings (SSSR count). The molecule has 1 aliphatic rings. The summed E-state index contributed by atoms with van der Waals surface area (Å²) in [5, 5.41) is 6.05. The average molecular weight is 282 g/mol. The van der Waals surface area contributed by atoms with Crippen LogP contribution in [-0.4, -0.2) is 50.0 Å². The normalized spacial score (nSPS) is 18.1. The van der Waals surface area contributed by atoms with Crippen molar-refractivity contribution in [2.24, 2.45) is 16.3 Å². The van der Waals surface area contributed by atoms with Crippen LogP contribution < -0.4 is 10.6 Å². The fraction of sp³-hybridized carbons (Fsp3) is 0.867. The van der Waals surface area contributed by atoms with Crippen LogP contribution in [0, 0.1) is 11.3 Å². The summed E-state index contributed by atoms with van der Waals surface area (Å²) in [5.41, 5.74) is -0.474. The minimum Gasteiger partial charge on any atom is -0.359 e. The number of nitrogens with zero attached hydrogens (tertiary/aromatic N) is 2. The molecule has 1 aliphatic heterocycles. The summed E-state index contributed by atoms with van der Waals surface area (Å²) in [6.07, 6.45) is 2.42. The van der Waals surface area contributed by atoms with Crippen molar-refractivity contribution in [3.05, 3.63) is 0 Å². The fourth-order valence-electron chi connectivity index (χ4n) is 2.33. The van der Waals surface area contributed by atoms with Gasteiger partial charge in [0.1, 0.15) is 0 Å². The Labute approximate surface area is 123 Å². The summed E-state index contributed by atoms with van der Waals surface area (Å²) in [5.74, 6) is 1.78. The summed E-state index contributed by atoms with van der Waals surface area (Å²) in [4.78, 5) is 18.8. The third-order valence-electron chi connectivity index (χ3n) is 3.88. The van der Waals surface area contributed by atoms with Crippen molar-refractivity contribution < 1.29 is 4.79 Å². The van der Waals surface area contributed by atoms with E-state index in [1.807, 2.05) is 13.8 Å². The molecule has 5 nitrogen and oxygen atoms in total. The molecule has 0 atom stereocenters. The van der Waals surface area contributed by atoms with Crippen LogP contribution in [0.3, 0.4) is 0 Å². The van der Waals surface area contributed by atoms with E-state index >= 15 is 0 Å². The number of hydrogen-bond donors (Lipinski definition) is 2. The second-order valence-corrected chi connectivity index (χ2v) is 6.30. The molecular formula is C15H30N4O. The van der Waals surface area contributed by atoms with Crippen LogP contribution >= 0.6 is 0 Å². The molecule has 0 aromatic heterocycles. The van der Waals surface area contributed by atoms with Gasteiger partial charge in [-0.1, -0.05) is 6.92 Å². The minimum atomic E-state index is -0.474. The van der Waals surface area contributed by atoms with Gasteiger partial charge < -0.3 is 15.5 Å². The van der Waals surface area contributed by atoms with E-state index in [0.717, 1.165) is 31.5 Å². The number of carbonyl (C=O) groups is 1. The Balaban J connectivity index is 2.70. The molecule has 0 aromatic rings. The maximum Gasteiger partial charge on any atom is 0.227 e. The second-order valence-electron chi connectivity index (χ2n) is 6.30. The first-order valence-electron chi connectivity index (χ1n) is 7.66. The SMILES string of the molecule is CCNC(=NCC(C)(C)C(=O)NC)N1CCC(C)CC1. The molecule has 116 valence electrons.